The van der Waals surface area contributed by atoms with Gasteiger partial charge in [-0.3, -0.25) is 9.48 Å². The summed E-state index contributed by atoms with van der Waals surface area (Å²) in [6, 6.07) is 7.07. The topological polar surface area (TPSA) is 81.4 Å². The standard InChI is InChI=1S/C18H18N2O4/c1-11(18(22)23)24-14-5-3-4-12(9-14)8-13-6-7-16-15(17(13)21)10-19-20(16)2/h3-5,8-11H,6-7H2,1-2H3,(H,22,23)/b13-8-. The quantitative estimate of drug-likeness (QED) is 0.873. The lowest BCUT2D eigenvalue weighted by Gasteiger charge is -2.15. The van der Waals surface area contributed by atoms with Crippen LogP contribution in [0.5, 0.6) is 5.75 Å². The zero-order valence-corrected chi connectivity index (χ0v) is 13.5. The molecule has 2 aromatic rings. The van der Waals surface area contributed by atoms with Crippen molar-refractivity contribution in [1.82, 2.24) is 9.78 Å². The first kappa shape index (κ1) is 16.0. The Morgan fingerprint density at radius 3 is 2.96 bits per heavy atom. The summed E-state index contributed by atoms with van der Waals surface area (Å²) in [4.78, 5) is 23.4. The van der Waals surface area contributed by atoms with Gasteiger partial charge in [-0.05, 0) is 43.5 Å². The molecule has 0 fully saturated rings. The van der Waals surface area contributed by atoms with E-state index in [1.165, 1.54) is 6.92 Å². The van der Waals surface area contributed by atoms with Gasteiger partial charge in [0, 0.05) is 18.3 Å². The highest BCUT2D eigenvalue weighted by Crippen LogP contribution is 2.27. The first-order valence-electron chi connectivity index (χ1n) is 7.71. The van der Waals surface area contributed by atoms with Crippen molar-refractivity contribution < 1.29 is 19.4 Å². The van der Waals surface area contributed by atoms with E-state index in [-0.39, 0.29) is 5.78 Å². The molecule has 1 unspecified atom stereocenters. The lowest BCUT2D eigenvalue weighted by Crippen LogP contribution is -2.22. The first-order valence-corrected chi connectivity index (χ1v) is 7.71. The van der Waals surface area contributed by atoms with Crippen molar-refractivity contribution in [3.63, 3.8) is 0 Å². The first-order chi connectivity index (χ1) is 11.5. The van der Waals surface area contributed by atoms with Crippen molar-refractivity contribution in [2.75, 3.05) is 0 Å². The Labute approximate surface area is 139 Å². The van der Waals surface area contributed by atoms with Crippen LogP contribution in [-0.4, -0.2) is 32.7 Å². The highest BCUT2D eigenvalue weighted by Gasteiger charge is 2.24. The molecule has 0 radical (unpaired) electrons. The minimum Gasteiger partial charge on any atom is -0.479 e. The highest BCUT2D eigenvalue weighted by atomic mass is 16.5. The van der Waals surface area contributed by atoms with Crippen LogP contribution in [0.2, 0.25) is 0 Å². The second-order valence-electron chi connectivity index (χ2n) is 5.80. The Balaban J connectivity index is 1.84. The smallest absolute Gasteiger partial charge is 0.344 e. The Bertz CT molecular complexity index is 835. The van der Waals surface area contributed by atoms with Gasteiger partial charge in [0.2, 0.25) is 0 Å². The molecule has 1 atom stereocenters. The van der Waals surface area contributed by atoms with Gasteiger partial charge in [-0.25, -0.2) is 4.79 Å². The largest absolute Gasteiger partial charge is 0.479 e. The number of hydrogen-bond acceptors (Lipinski definition) is 4. The molecule has 1 aromatic carbocycles. The molecular weight excluding hydrogens is 308 g/mol. The number of carboxylic acid groups (broad SMARTS) is 1. The normalized spacial score (nSPS) is 16.8. The summed E-state index contributed by atoms with van der Waals surface area (Å²) in [5, 5.41) is 13.1. The minimum atomic E-state index is -1.02. The van der Waals surface area contributed by atoms with Gasteiger partial charge in [0.25, 0.3) is 0 Å². The number of aromatic nitrogens is 2. The van der Waals surface area contributed by atoms with Crippen LogP contribution in [-0.2, 0) is 18.3 Å². The second-order valence-corrected chi connectivity index (χ2v) is 5.80. The summed E-state index contributed by atoms with van der Waals surface area (Å²) in [5.74, 6) is -0.565. The molecule has 0 saturated heterocycles. The van der Waals surface area contributed by atoms with E-state index in [1.807, 2.05) is 19.2 Å². The van der Waals surface area contributed by atoms with Crippen LogP contribution in [0.3, 0.4) is 0 Å². The molecule has 1 N–H and O–H groups in total. The zero-order valence-electron chi connectivity index (χ0n) is 13.5. The predicted molar refractivity (Wildman–Crippen MR) is 88.0 cm³/mol. The van der Waals surface area contributed by atoms with Crippen molar-refractivity contribution in [1.29, 1.82) is 0 Å². The molecule has 1 aliphatic rings. The lowest BCUT2D eigenvalue weighted by atomic mass is 9.90. The predicted octanol–water partition coefficient (Wildman–Crippen LogP) is 2.48. The van der Waals surface area contributed by atoms with Crippen LogP contribution in [0.15, 0.2) is 36.0 Å². The van der Waals surface area contributed by atoms with Gasteiger partial charge in [0.1, 0.15) is 5.75 Å². The number of carbonyl (C=O) groups excluding carboxylic acids is 1. The van der Waals surface area contributed by atoms with E-state index in [0.29, 0.717) is 17.7 Å². The fraction of sp³-hybridized carbons (Fsp3) is 0.278. The third-order valence-corrected chi connectivity index (χ3v) is 4.09. The maximum atomic E-state index is 12.6. The number of carboxylic acids is 1. The van der Waals surface area contributed by atoms with E-state index in [9.17, 15) is 9.59 Å². The third kappa shape index (κ3) is 3.08. The highest BCUT2D eigenvalue weighted by molar-refractivity contribution is 6.12. The number of benzene rings is 1. The molecule has 1 aromatic heterocycles. The van der Waals surface area contributed by atoms with Crippen molar-refractivity contribution in [3.05, 3.63) is 52.9 Å². The van der Waals surface area contributed by atoms with Gasteiger partial charge < -0.3 is 9.84 Å². The Morgan fingerprint density at radius 1 is 1.42 bits per heavy atom. The van der Waals surface area contributed by atoms with Crippen LogP contribution in [0.4, 0.5) is 0 Å². The molecule has 3 rings (SSSR count). The van der Waals surface area contributed by atoms with Crippen molar-refractivity contribution in [2.45, 2.75) is 25.9 Å². The van der Waals surface area contributed by atoms with Crippen LogP contribution in [0.1, 0.15) is 35.0 Å². The molecule has 0 bridgehead atoms. The van der Waals surface area contributed by atoms with Gasteiger partial charge in [-0.2, -0.15) is 5.10 Å². The number of hydrogen-bond donors (Lipinski definition) is 1. The third-order valence-electron chi connectivity index (χ3n) is 4.09. The fourth-order valence-electron chi connectivity index (χ4n) is 2.76. The summed E-state index contributed by atoms with van der Waals surface area (Å²) in [6.45, 7) is 1.47. The van der Waals surface area contributed by atoms with E-state index >= 15 is 0 Å². The summed E-state index contributed by atoms with van der Waals surface area (Å²) in [5.41, 5.74) is 3.14. The molecular formula is C18H18N2O4. The molecule has 6 heteroatoms. The van der Waals surface area contributed by atoms with Crippen LogP contribution >= 0.6 is 0 Å². The van der Waals surface area contributed by atoms with Crippen LogP contribution < -0.4 is 4.74 Å². The van der Waals surface area contributed by atoms with Gasteiger partial charge in [0.05, 0.1) is 11.8 Å². The monoisotopic (exact) mass is 326 g/mol. The van der Waals surface area contributed by atoms with E-state index in [4.69, 9.17) is 9.84 Å². The number of aryl methyl sites for hydroxylation is 1. The molecule has 24 heavy (non-hydrogen) atoms. The average molecular weight is 326 g/mol. The number of ether oxygens (including phenoxy) is 1. The van der Waals surface area contributed by atoms with Gasteiger partial charge in [0.15, 0.2) is 11.9 Å². The lowest BCUT2D eigenvalue weighted by molar-refractivity contribution is -0.144. The molecule has 1 aliphatic carbocycles. The van der Waals surface area contributed by atoms with E-state index in [0.717, 1.165) is 23.3 Å². The van der Waals surface area contributed by atoms with Crippen molar-refractivity contribution >= 4 is 17.8 Å². The van der Waals surface area contributed by atoms with Crippen molar-refractivity contribution in [3.8, 4) is 5.75 Å². The summed E-state index contributed by atoms with van der Waals surface area (Å²) in [6.07, 6.45) is 3.94. The second kappa shape index (κ2) is 6.31. The van der Waals surface area contributed by atoms with E-state index in [1.54, 1.807) is 29.1 Å². The fourth-order valence-corrected chi connectivity index (χ4v) is 2.76. The SMILES string of the molecule is CC(Oc1cccc(/C=C2/CCc3c(cnn3C)C2=O)c1)C(=O)O. The number of allylic oxidation sites excluding steroid dienone is 1. The molecule has 1 heterocycles. The van der Waals surface area contributed by atoms with Gasteiger partial charge in [-0.1, -0.05) is 12.1 Å². The number of rotatable bonds is 4. The minimum absolute atomic E-state index is 0.00502. The molecule has 0 spiro atoms. The summed E-state index contributed by atoms with van der Waals surface area (Å²) in [7, 11) is 1.84. The Kier molecular flexibility index (Phi) is 4.20. The van der Waals surface area contributed by atoms with Crippen LogP contribution in [0, 0.1) is 0 Å². The maximum Gasteiger partial charge on any atom is 0.344 e. The number of fused-ring (bicyclic) bond motifs is 1. The number of nitrogens with zero attached hydrogens (tertiary/aromatic N) is 2. The zero-order chi connectivity index (χ0) is 17.3. The van der Waals surface area contributed by atoms with Gasteiger partial charge in [-0.15, -0.1) is 0 Å². The summed E-state index contributed by atoms with van der Waals surface area (Å²) < 4.78 is 7.11. The van der Waals surface area contributed by atoms with Crippen LogP contribution in [0.25, 0.3) is 6.08 Å². The molecule has 0 aliphatic heterocycles. The van der Waals surface area contributed by atoms with Crippen molar-refractivity contribution in [2.24, 2.45) is 7.05 Å². The van der Waals surface area contributed by atoms with E-state index in [2.05, 4.69) is 5.10 Å². The number of Topliss-reactive ketones (excluding diaryl/α,β-unsaturated/α-hetero) is 1. The molecule has 124 valence electrons. The average Bonchev–Trinajstić information content (AvgIpc) is 2.92. The van der Waals surface area contributed by atoms with E-state index < -0.39 is 12.1 Å². The maximum absolute atomic E-state index is 12.6. The molecule has 0 amide bonds. The number of aliphatic carboxylic acids is 1. The van der Waals surface area contributed by atoms with Gasteiger partial charge >= 0.3 is 5.97 Å². The summed E-state index contributed by atoms with van der Waals surface area (Å²) >= 11 is 0. The molecule has 0 saturated carbocycles. The Hall–Kier alpha value is -2.89. The number of ketones is 1. The molecule has 6 nitrogen and oxygen atoms in total. The Morgan fingerprint density at radius 2 is 2.21 bits per heavy atom. The number of carbonyl (C=O) groups is 2.